The van der Waals surface area contributed by atoms with Gasteiger partial charge in [0.05, 0.1) is 0 Å². The molecule has 1 heterocycles. The first-order valence-corrected chi connectivity index (χ1v) is 9.44. The van der Waals surface area contributed by atoms with Gasteiger partial charge >= 0.3 is 0 Å². The topological polar surface area (TPSA) is 6.48 Å². The highest BCUT2D eigenvalue weighted by atomic mass is 35.5. The Kier molecular flexibility index (Phi) is 7.72. The molecular weight excluding hydrogens is 304 g/mol. The molecule has 23 heavy (non-hydrogen) atoms. The van der Waals surface area contributed by atoms with Gasteiger partial charge in [0.1, 0.15) is 0 Å². The minimum absolute atomic E-state index is 0. The predicted octanol–water partition coefficient (Wildman–Crippen LogP) is 5.08. The van der Waals surface area contributed by atoms with E-state index in [1.807, 2.05) is 0 Å². The van der Waals surface area contributed by atoms with E-state index in [0.717, 1.165) is 5.92 Å². The van der Waals surface area contributed by atoms with Crippen LogP contribution in [-0.2, 0) is 0 Å². The van der Waals surface area contributed by atoms with Crippen LogP contribution in [0.1, 0.15) is 63.4 Å². The van der Waals surface area contributed by atoms with Gasteiger partial charge in [-0.2, -0.15) is 0 Å². The molecule has 0 bridgehead atoms. The summed E-state index contributed by atoms with van der Waals surface area (Å²) in [5, 5.41) is 0. The van der Waals surface area contributed by atoms with E-state index in [9.17, 15) is 0 Å². The summed E-state index contributed by atoms with van der Waals surface area (Å²) in [4.78, 5) is 5.26. The summed E-state index contributed by atoms with van der Waals surface area (Å²) in [5.74, 6) is 0.798. The maximum absolute atomic E-state index is 2.65. The Morgan fingerprint density at radius 2 is 1.57 bits per heavy atom. The van der Waals surface area contributed by atoms with Gasteiger partial charge in [0.25, 0.3) is 0 Å². The Morgan fingerprint density at radius 3 is 2.22 bits per heavy atom. The quantitative estimate of drug-likeness (QED) is 0.707. The van der Waals surface area contributed by atoms with Crippen molar-refractivity contribution < 1.29 is 0 Å². The van der Waals surface area contributed by atoms with Crippen LogP contribution in [0.4, 0.5) is 5.69 Å². The molecule has 1 aliphatic carbocycles. The molecule has 0 aromatic heterocycles. The molecule has 1 aromatic carbocycles. The van der Waals surface area contributed by atoms with Gasteiger partial charge in [-0.15, -0.1) is 12.4 Å². The number of hydrogen-bond acceptors (Lipinski definition) is 2. The van der Waals surface area contributed by atoms with Gasteiger partial charge in [-0.25, -0.2) is 0 Å². The highest BCUT2D eigenvalue weighted by Gasteiger charge is 2.22. The zero-order valence-corrected chi connectivity index (χ0v) is 15.5. The maximum Gasteiger partial charge on any atom is 0.0402 e. The molecule has 1 aliphatic heterocycles. The van der Waals surface area contributed by atoms with Crippen LogP contribution in [0.25, 0.3) is 0 Å². The third-order valence-electron chi connectivity index (χ3n) is 5.48. The Hall–Kier alpha value is -0.730. The monoisotopic (exact) mass is 336 g/mol. The van der Waals surface area contributed by atoms with Gasteiger partial charge < -0.3 is 4.90 Å². The average Bonchev–Trinajstić information content (AvgIpc) is 2.85. The highest BCUT2D eigenvalue weighted by Crippen LogP contribution is 2.37. The largest absolute Gasteiger partial charge is 0.369 e. The molecule has 0 spiro atoms. The fourth-order valence-electron chi connectivity index (χ4n) is 4.24. The van der Waals surface area contributed by atoms with Crippen LogP contribution < -0.4 is 4.90 Å². The molecule has 0 radical (unpaired) electrons. The Morgan fingerprint density at radius 1 is 0.913 bits per heavy atom. The summed E-state index contributed by atoms with van der Waals surface area (Å²) >= 11 is 0. The van der Waals surface area contributed by atoms with Crippen LogP contribution in [0.5, 0.6) is 0 Å². The molecule has 1 saturated carbocycles. The first-order chi connectivity index (χ1) is 10.9. The van der Waals surface area contributed by atoms with Crippen LogP contribution in [-0.4, -0.2) is 37.6 Å². The second kappa shape index (κ2) is 9.54. The van der Waals surface area contributed by atoms with Gasteiger partial charge in [0.2, 0.25) is 0 Å². The average molecular weight is 337 g/mol. The van der Waals surface area contributed by atoms with E-state index >= 15 is 0 Å². The van der Waals surface area contributed by atoms with Crippen molar-refractivity contribution in [3.05, 3.63) is 29.8 Å². The minimum atomic E-state index is 0. The van der Waals surface area contributed by atoms with Crippen LogP contribution >= 0.6 is 12.4 Å². The Balaban J connectivity index is 0.00000192. The maximum atomic E-state index is 2.65. The SMILES string of the molecule is CCCN1CCN(c2ccccc2C2CCCCCC2)CC1.Cl. The molecule has 2 nitrogen and oxygen atoms in total. The van der Waals surface area contributed by atoms with Gasteiger partial charge in [0.15, 0.2) is 0 Å². The predicted molar refractivity (Wildman–Crippen MR) is 103 cm³/mol. The molecule has 3 heteroatoms. The van der Waals surface area contributed by atoms with Crippen molar-refractivity contribution in [2.45, 2.75) is 57.8 Å². The fourth-order valence-corrected chi connectivity index (χ4v) is 4.24. The molecule has 3 rings (SSSR count). The fraction of sp³-hybridized carbons (Fsp3) is 0.700. The van der Waals surface area contributed by atoms with E-state index < -0.39 is 0 Å². The number of hydrogen-bond donors (Lipinski definition) is 0. The van der Waals surface area contributed by atoms with Crippen molar-refractivity contribution in [1.29, 1.82) is 0 Å². The third-order valence-corrected chi connectivity index (χ3v) is 5.48. The smallest absolute Gasteiger partial charge is 0.0402 e. The summed E-state index contributed by atoms with van der Waals surface area (Å²) in [7, 11) is 0. The van der Waals surface area contributed by atoms with Crippen molar-refractivity contribution >= 4 is 18.1 Å². The molecule has 2 aliphatic rings. The molecule has 2 fully saturated rings. The van der Waals surface area contributed by atoms with Crippen LogP contribution in [0, 0.1) is 0 Å². The van der Waals surface area contributed by atoms with Crippen molar-refractivity contribution in [2.24, 2.45) is 0 Å². The summed E-state index contributed by atoms with van der Waals surface area (Å²) in [6.07, 6.45) is 9.79. The molecule has 130 valence electrons. The van der Waals surface area contributed by atoms with Crippen molar-refractivity contribution in [3.63, 3.8) is 0 Å². The van der Waals surface area contributed by atoms with E-state index in [4.69, 9.17) is 0 Å². The normalized spacial score (nSPS) is 20.8. The van der Waals surface area contributed by atoms with E-state index in [-0.39, 0.29) is 12.4 Å². The number of benzene rings is 1. The van der Waals surface area contributed by atoms with E-state index in [0.29, 0.717) is 0 Å². The number of rotatable bonds is 4. The highest BCUT2D eigenvalue weighted by molar-refractivity contribution is 5.85. The lowest BCUT2D eigenvalue weighted by molar-refractivity contribution is 0.258. The zero-order chi connectivity index (χ0) is 15.2. The Bertz CT molecular complexity index is 447. The molecule has 0 atom stereocenters. The van der Waals surface area contributed by atoms with Crippen molar-refractivity contribution in [3.8, 4) is 0 Å². The standard InChI is InChI=1S/C20H32N2.ClH/c1-2-13-21-14-16-22(17-15-21)20-12-8-7-11-19(20)18-9-5-3-4-6-10-18;/h7-8,11-12,18H,2-6,9-10,13-17H2,1H3;1H. The molecule has 0 unspecified atom stereocenters. The molecule has 0 amide bonds. The van der Waals surface area contributed by atoms with Crippen LogP contribution in [0.15, 0.2) is 24.3 Å². The molecule has 1 saturated heterocycles. The first kappa shape index (κ1) is 18.6. The minimum Gasteiger partial charge on any atom is -0.369 e. The molecular formula is C20H33ClN2. The zero-order valence-electron chi connectivity index (χ0n) is 14.7. The van der Waals surface area contributed by atoms with Gasteiger partial charge in [0, 0.05) is 31.9 Å². The lowest BCUT2D eigenvalue weighted by Crippen LogP contribution is -2.46. The third kappa shape index (κ3) is 4.87. The number of para-hydroxylation sites is 1. The number of halogens is 1. The van der Waals surface area contributed by atoms with E-state index in [1.54, 1.807) is 5.56 Å². The molecule has 1 aromatic rings. The second-order valence-corrected chi connectivity index (χ2v) is 7.08. The second-order valence-electron chi connectivity index (χ2n) is 7.08. The Labute approximate surface area is 148 Å². The summed E-state index contributed by atoms with van der Waals surface area (Å²) in [5.41, 5.74) is 3.17. The van der Waals surface area contributed by atoms with Gasteiger partial charge in [-0.05, 0) is 43.4 Å². The van der Waals surface area contributed by atoms with E-state index in [1.165, 1.54) is 83.4 Å². The lowest BCUT2D eigenvalue weighted by atomic mass is 9.90. The van der Waals surface area contributed by atoms with Crippen LogP contribution in [0.2, 0.25) is 0 Å². The van der Waals surface area contributed by atoms with Crippen molar-refractivity contribution in [1.82, 2.24) is 4.90 Å². The molecule has 0 N–H and O–H groups in total. The number of piperazine rings is 1. The number of anilines is 1. The van der Waals surface area contributed by atoms with Gasteiger partial charge in [-0.1, -0.05) is 50.8 Å². The van der Waals surface area contributed by atoms with Crippen molar-refractivity contribution in [2.75, 3.05) is 37.6 Å². The summed E-state index contributed by atoms with van der Waals surface area (Å²) < 4.78 is 0. The van der Waals surface area contributed by atoms with Gasteiger partial charge in [-0.3, -0.25) is 4.90 Å². The lowest BCUT2D eigenvalue weighted by Gasteiger charge is -2.37. The summed E-state index contributed by atoms with van der Waals surface area (Å²) in [6.45, 7) is 8.40. The summed E-state index contributed by atoms with van der Waals surface area (Å²) in [6, 6.07) is 9.25. The van der Waals surface area contributed by atoms with E-state index in [2.05, 4.69) is 41.0 Å². The van der Waals surface area contributed by atoms with Crippen LogP contribution in [0.3, 0.4) is 0 Å². The number of nitrogens with zero attached hydrogens (tertiary/aromatic N) is 2. The first-order valence-electron chi connectivity index (χ1n) is 9.44.